The van der Waals surface area contributed by atoms with Crippen molar-refractivity contribution in [2.45, 2.75) is 37.9 Å². The second-order valence-corrected chi connectivity index (χ2v) is 10.6. The largest absolute Gasteiger partial charge is 0.486 e. The first-order valence-electron chi connectivity index (χ1n) is 12.2. The van der Waals surface area contributed by atoms with E-state index in [9.17, 15) is 4.79 Å². The summed E-state index contributed by atoms with van der Waals surface area (Å²) >= 11 is 1.34. The number of nitrogens with zero attached hydrogens (tertiary/aromatic N) is 3. The van der Waals surface area contributed by atoms with Gasteiger partial charge in [-0.1, -0.05) is 62.9 Å². The molecule has 1 aromatic heterocycles. The zero-order chi connectivity index (χ0) is 25.8. The summed E-state index contributed by atoms with van der Waals surface area (Å²) in [6.45, 7) is 7.78. The van der Waals surface area contributed by atoms with Crippen molar-refractivity contribution in [1.82, 2.24) is 14.8 Å². The molecular formula is C29H30BrN3O4S. The van der Waals surface area contributed by atoms with Crippen LogP contribution in [0.3, 0.4) is 0 Å². The van der Waals surface area contributed by atoms with Crippen LogP contribution in [0.25, 0.3) is 5.69 Å². The summed E-state index contributed by atoms with van der Waals surface area (Å²) in [4.78, 5) is 13.0. The second-order valence-electron chi connectivity index (χ2n) is 9.70. The number of aromatic nitrogens is 3. The van der Waals surface area contributed by atoms with Crippen LogP contribution in [0, 0.1) is 0 Å². The summed E-state index contributed by atoms with van der Waals surface area (Å²) in [7, 11) is 0. The third-order valence-electron chi connectivity index (χ3n) is 6.00. The molecule has 3 aromatic carbocycles. The third kappa shape index (κ3) is 6.39. The zero-order valence-corrected chi connectivity index (χ0v) is 24.1. The first-order valence-corrected chi connectivity index (χ1v) is 13.2. The Morgan fingerprint density at radius 2 is 1.66 bits per heavy atom. The Morgan fingerprint density at radius 3 is 2.37 bits per heavy atom. The molecular weight excluding hydrogens is 566 g/mol. The molecule has 9 heteroatoms. The summed E-state index contributed by atoms with van der Waals surface area (Å²) in [6.07, 6.45) is 0. The average Bonchev–Trinajstić information content (AvgIpc) is 3.33. The summed E-state index contributed by atoms with van der Waals surface area (Å²) in [5, 5.41) is 9.40. The molecule has 0 saturated heterocycles. The Hall–Kier alpha value is -3.30. The van der Waals surface area contributed by atoms with E-state index in [4.69, 9.17) is 14.2 Å². The van der Waals surface area contributed by atoms with Gasteiger partial charge < -0.3 is 14.2 Å². The quantitative estimate of drug-likeness (QED) is 0.171. The maximum absolute atomic E-state index is 13.0. The number of carbonyl (C=O) groups is 1. The van der Waals surface area contributed by atoms with Crippen molar-refractivity contribution < 1.29 is 19.0 Å². The highest BCUT2D eigenvalue weighted by Crippen LogP contribution is 2.32. The van der Waals surface area contributed by atoms with Gasteiger partial charge in [0.05, 0.1) is 5.75 Å². The lowest BCUT2D eigenvalue weighted by molar-refractivity contribution is 0.102. The fraction of sp³-hybridized carbons (Fsp3) is 0.276. The van der Waals surface area contributed by atoms with Crippen LogP contribution in [-0.4, -0.2) is 39.5 Å². The molecule has 0 fully saturated rings. The van der Waals surface area contributed by atoms with Gasteiger partial charge in [0.25, 0.3) is 0 Å². The average molecular weight is 597 g/mol. The number of benzene rings is 3. The van der Waals surface area contributed by atoms with Gasteiger partial charge >= 0.3 is 0 Å². The molecule has 0 radical (unpaired) electrons. The molecule has 1 aliphatic heterocycles. The van der Waals surface area contributed by atoms with Gasteiger partial charge in [-0.05, 0) is 53.4 Å². The van der Waals surface area contributed by atoms with Gasteiger partial charge in [-0.25, -0.2) is 0 Å². The highest BCUT2D eigenvalue weighted by atomic mass is 79.9. The van der Waals surface area contributed by atoms with Crippen molar-refractivity contribution in [3.05, 3.63) is 89.7 Å². The Labute approximate surface area is 237 Å². The number of ketones is 1. The number of halogens is 1. The molecule has 0 spiro atoms. The van der Waals surface area contributed by atoms with Crippen LogP contribution in [0.5, 0.6) is 17.2 Å². The molecule has 38 heavy (non-hydrogen) atoms. The molecule has 4 aromatic rings. The highest BCUT2D eigenvalue weighted by Gasteiger charge is 2.19. The minimum Gasteiger partial charge on any atom is -0.486 e. The first kappa shape index (κ1) is 27.7. The number of para-hydroxylation sites is 1. The number of thioether (sulfide) groups is 1. The SMILES string of the molecule is Br.CC(C)(C)c1ccc(OCc2nnc(SCC(=O)c3ccc4c(c3)OCCO4)n2-c2ccccc2)cc1. The van der Waals surface area contributed by atoms with Crippen molar-refractivity contribution in [3.63, 3.8) is 0 Å². The van der Waals surface area contributed by atoms with E-state index in [0.29, 0.717) is 41.3 Å². The molecule has 5 rings (SSSR count). The van der Waals surface area contributed by atoms with Crippen LogP contribution in [-0.2, 0) is 12.0 Å². The lowest BCUT2D eigenvalue weighted by atomic mass is 9.87. The van der Waals surface area contributed by atoms with Crippen molar-refractivity contribution in [2.24, 2.45) is 0 Å². The smallest absolute Gasteiger partial charge is 0.196 e. The van der Waals surface area contributed by atoms with Gasteiger partial charge in [0, 0.05) is 11.3 Å². The molecule has 0 saturated carbocycles. The monoisotopic (exact) mass is 595 g/mol. The Kier molecular flexibility index (Phi) is 8.79. The predicted molar refractivity (Wildman–Crippen MR) is 154 cm³/mol. The molecule has 0 atom stereocenters. The lowest BCUT2D eigenvalue weighted by Gasteiger charge is -2.19. The van der Waals surface area contributed by atoms with E-state index in [1.165, 1.54) is 17.3 Å². The van der Waals surface area contributed by atoms with Crippen LogP contribution < -0.4 is 14.2 Å². The van der Waals surface area contributed by atoms with E-state index in [2.05, 4.69) is 43.1 Å². The van der Waals surface area contributed by atoms with Gasteiger partial charge in [-0.2, -0.15) is 0 Å². The standard InChI is InChI=1S/C29H29N3O4S.BrH/c1-29(2,3)21-10-12-23(13-11-21)36-18-27-30-31-28(32(27)22-7-5-4-6-8-22)37-19-24(33)20-9-14-25-26(17-20)35-16-15-34-25;/h4-14,17H,15-16,18-19H2,1-3H3;1H. The number of fused-ring (bicyclic) bond motifs is 1. The van der Waals surface area contributed by atoms with Crippen LogP contribution in [0.2, 0.25) is 0 Å². The van der Waals surface area contributed by atoms with Gasteiger partial charge in [0.2, 0.25) is 0 Å². The number of hydrogen-bond donors (Lipinski definition) is 0. The van der Waals surface area contributed by atoms with Crippen LogP contribution in [0.1, 0.15) is 42.5 Å². The second kappa shape index (κ2) is 12.0. The van der Waals surface area contributed by atoms with E-state index < -0.39 is 0 Å². The van der Waals surface area contributed by atoms with Gasteiger partial charge in [-0.3, -0.25) is 9.36 Å². The molecule has 0 unspecified atom stereocenters. The van der Waals surface area contributed by atoms with Crippen LogP contribution in [0.4, 0.5) is 0 Å². The Bertz CT molecular complexity index is 1390. The van der Waals surface area contributed by atoms with Crippen molar-refractivity contribution in [1.29, 1.82) is 0 Å². The zero-order valence-electron chi connectivity index (χ0n) is 21.5. The first-order chi connectivity index (χ1) is 17.9. The van der Waals surface area contributed by atoms with Crippen LogP contribution >= 0.6 is 28.7 Å². The molecule has 0 aliphatic carbocycles. The van der Waals surface area contributed by atoms with E-state index in [-0.39, 0.29) is 40.5 Å². The number of carbonyl (C=O) groups excluding carboxylic acids is 1. The minimum absolute atomic E-state index is 0. The van der Waals surface area contributed by atoms with E-state index in [0.717, 1.165) is 11.4 Å². The molecule has 1 aliphatic rings. The van der Waals surface area contributed by atoms with E-state index >= 15 is 0 Å². The van der Waals surface area contributed by atoms with Crippen LogP contribution in [0.15, 0.2) is 78.0 Å². The summed E-state index contributed by atoms with van der Waals surface area (Å²) in [5.41, 5.74) is 2.80. The summed E-state index contributed by atoms with van der Waals surface area (Å²) in [6, 6.07) is 23.3. The van der Waals surface area contributed by atoms with E-state index in [1.54, 1.807) is 18.2 Å². The normalized spacial score (nSPS) is 12.5. The lowest BCUT2D eigenvalue weighted by Crippen LogP contribution is -2.16. The highest BCUT2D eigenvalue weighted by molar-refractivity contribution is 8.93. The van der Waals surface area contributed by atoms with Gasteiger partial charge in [0.15, 0.2) is 28.3 Å². The van der Waals surface area contributed by atoms with Gasteiger partial charge in [-0.15, -0.1) is 27.2 Å². The number of hydrogen-bond acceptors (Lipinski definition) is 7. The predicted octanol–water partition coefficient (Wildman–Crippen LogP) is 6.47. The minimum atomic E-state index is -0.0266. The Balaban J connectivity index is 0.00000336. The number of rotatable bonds is 8. The fourth-order valence-electron chi connectivity index (χ4n) is 3.95. The number of Topliss-reactive ketones (excluding diaryl/α,β-unsaturated/α-hetero) is 1. The molecule has 0 amide bonds. The van der Waals surface area contributed by atoms with E-state index in [1.807, 2.05) is 47.0 Å². The number of ether oxygens (including phenoxy) is 3. The van der Waals surface area contributed by atoms with Crippen molar-refractivity contribution >= 4 is 34.5 Å². The van der Waals surface area contributed by atoms with Gasteiger partial charge in [0.1, 0.15) is 25.6 Å². The summed E-state index contributed by atoms with van der Waals surface area (Å²) < 4.78 is 19.2. The maximum atomic E-state index is 13.0. The molecule has 0 N–H and O–H groups in total. The molecule has 2 heterocycles. The topological polar surface area (TPSA) is 75.5 Å². The van der Waals surface area contributed by atoms with Crippen molar-refractivity contribution in [2.75, 3.05) is 19.0 Å². The molecule has 198 valence electrons. The molecule has 7 nitrogen and oxygen atoms in total. The Morgan fingerprint density at radius 1 is 0.947 bits per heavy atom. The van der Waals surface area contributed by atoms with Crippen molar-refractivity contribution in [3.8, 4) is 22.9 Å². The summed E-state index contributed by atoms with van der Waals surface area (Å²) in [5.74, 6) is 2.86. The third-order valence-corrected chi connectivity index (χ3v) is 6.93. The fourth-order valence-corrected chi connectivity index (χ4v) is 4.82. The maximum Gasteiger partial charge on any atom is 0.196 e. The molecule has 0 bridgehead atoms.